The summed E-state index contributed by atoms with van der Waals surface area (Å²) in [6.07, 6.45) is 1.36. The van der Waals surface area contributed by atoms with Gasteiger partial charge in [-0.1, -0.05) is 48.0 Å². The SMILES string of the molecule is CCOc1cc(/C=C2/C(=O)NC(=O)N(c3ccccc3)C2=O)ccc1OCC(=O)Nc1ccccc1Cl. The second kappa shape index (κ2) is 11.4. The van der Waals surface area contributed by atoms with Crippen molar-refractivity contribution in [2.45, 2.75) is 6.92 Å². The number of ether oxygens (including phenoxy) is 2. The number of carbonyl (C=O) groups is 4. The Kier molecular flexibility index (Phi) is 7.85. The van der Waals surface area contributed by atoms with Crippen molar-refractivity contribution >= 4 is 52.8 Å². The monoisotopic (exact) mass is 519 g/mol. The van der Waals surface area contributed by atoms with Crippen molar-refractivity contribution in [3.05, 3.63) is 89.0 Å². The van der Waals surface area contributed by atoms with Crippen LogP contribution in [-0.2, 0) is 14.4 Å². The first-order valence-corrected chi connectivity index (χ1v) is 11.7. The topological polar surface area (TPSA) is 114 Å². The molecule has 0 radical (unpaired) electrons. The standard InChI is InChI=1S/C27H22ClN3O6/c1-2-36-23-15-17(12-13-22(23)37-16-24(32)29-21-11-7-6-10-20(21)28)14-19-25(33)30-27(35)31(26(19)34)18-8-4-3-5-9-18/h3-15H,2,16H2,1H3,(H,29,32)(H,30,33,35)/b19-14-. The van der Waals surface area contributed by atoms with E-state index in [-0.39, 0.29) is 12.2 Å². The highest BCUT2D eigenvalue weighted by Gasteiger charge is 2.36. The Labute approximate surface area is 217 Å². The van der Waals surface area contributed by atoms with Gasteiger partial charge in [0.25, 0.3) is 17.7 Å². The smallest absolute Gasteiger partial charge is 0.335 e. The molecule has 1 saturated heterocycles. The van der Waals surface area contributed by atoms with Crippen molar-refractivity contribution in [2.75, 3.05) is 23.4 Å². The van der Waals surface area contributed by atoms with Gasteiger partial charge in [-0.05, 0) is 55.0 Å². The Morgan fingerprint density at radius 3 is 2.43 bits per heavy atom. The van der Waals surface area contributed by atoms with Crippen LogP contribution < -0.4 is 25.0 Å². The van der Waals surface area contributed by atoms with Gasteiger partial charge >= 0.3 is 6.03 Å². The number of para-hydroxylation sites is 2. The molecule has 0 bridgehead atoms. The molecule has 188 valence electrons. The molecule has 2 N–H and O–H groups in total. The van der Waals surface area contributed by atoms with Gasteiger partial charge in [-0.2, -0.15) is 0 Å². The van der Waals surface area contributed by atoms with Crippen molar-refractivity contribution in [2.24, 2.45) is 0 Å². The number of carbonyl (C=O) groups excluding carboxylic acids is 4. The van der Waals surface area contributed by atoms with E-state index in [0.717, 1.165) is 4.90 Å². The molecule has 1 heterocycles. The van der Waals surface area contributed by atoms with Gasteiger partial charge in [0.2, 0.25) is 0 Å². The first kappa shape index (κ1) is 25.5. The summed E-state index contributed by atoms with van der Waals surface area (Å²) in [7, 11) is 0. The third kappa shape index (κ3) is 5.96. The molecule has 1 aliphatic rings. The fraction of sp³-hybridized carbons (Fsp3) is 0.111. The van der Waals surface area contributed by atoms with Crippen LogP contribution in [0.2, 0.25) is 5.02 Å². The fourth-order valence-electron chi connectivity index (χ4n) is 3.53. The average molecular weight is 520 g/mol. The van der Waals surface area contributed by atoms with Gasteiger partial charge in [0.05, 0.1) is 23.0 Å². The molecule has 0 unspecified atom stereocenters. The number of barbiturate groups is 1. The van der Waals surface area contributed by atoms with Gasteiger partial charge in [-0.15, -0.1) is 0 Å². The Morgan fingerprint density at radius 2 is 1.70 bits per heavy atom. The normalized spacial score (nSPS) is 14.4. The molecule has 9 nitrogen and oxygen atoms in total. The van der Waals surface area contributed by atoms with Crippen molar-refractivity contribution < 1.29 is 28.7 Å². The molecular formula is C27H22ClN3O6. The van der Waals surface area contributed by atoms with Crippen LogP contribution >= 0.6 is 11.6 Å². The van der Waals surface area contributed by atoms with E-state index in [1.54, 1.807) is 79.7 Å². The summed E-state index contributed by atoms with van der Waals surface area (Å²) in [6.45, 7) is 1.78. The Morgan fingerprint density at radius 1 is 0.973 bits per heavy atom. The van der Waals surface area contributed by atoms with Crippen LogP contribution in [0.5, 0.6) is 11.5 Å². The summed E-state index contributed by atoms with van der Waals surface area (Å²) < 4.78 is 11.3. The van der Waals surface area contributed by atoms with Crippen molar-refractivity contribution in [1.29, 1.82) is 0 Å². The molecule has 1 aliphatic heterocycles. The Bertz CT molecular complexity index is 1390. The number of anilines is 2. The molecule has 0 saturated carbocycles. The van der Waals surface area contributed by atoms with Crippen molar-refractivity contribution in [3.63, 3.8) is 0 Å². The van der Waals surface area contributed by atoms with Crippen molar-refractivity contribution in [1.82, 2.24) is 5.32 Å². The highest BCUT2D eigenvalue weighted by atomic mass is 35.5. The van der Waals surface area contributed by atoms with Gasteiger partial charge < -0.3 is 14.8 Å². The fourth-order valence-corrected chi connectivity index (χ4v) is 3.71. The summed E-state index contributed by atoms with van der Waals surface area (Å²) in [6, 6.07) is 19.0. The number of nitrogens with zero attached hydrogens (tertiary/aromatic N) is 1. The van der Waals surface area contributed by atoms with Gasteiger partial charge in [-0.3, -0.25) is 19.7 Å². The molecule has 0 spiro atoms. The van der Waals surface area contributed by atoms with E-state index in [4.69, 9.17) is 21.1 Å². The van der Waals surface area contributed by atoms with Gasteiger partial charge in [0.1, 0.15) is 5.57 Å². The molecule has 0 aliphatic carbocycles. The maximum atomic E-state index is 13.0. The predicted molar refractivity (Wildman–Crippen MR) is 139 cm³/mol. The molecular weight excluding hydrogens is 498 g/mol. The first-order chi connectivity index (χ1) is 17.9. The highest BCUT2D eigenvalue weighted by Crippen LogP contribution is 2.30. The van der Waals surface area contributed by atoms with E-state index in [1.165, 1.54) is 6.08 Å². The molecule has 1 fully saturated rings. The molecule has 3 aromatic rings. The lowest BCUT2D eigenvalue weighted by Gasteiger charge is -2.26. The quantitative estimate of drug-likeness (QED) is 0.336. The van der Waals surface area contributed by atoms with E-state index in [1.807, 2.05) is 0 Å². The number of hydrogen-bond acceptors (Lipinski definition) is 6. The zero-order valence-corrected chi connectivity index (χ0v) is 20.5. The minimum atomic E-state index is -0.827. The van der Waals surface area contributed by atoms with E-state index in [2.05, 4.69) is 10.6 Å². The van der Waals surface area contributed by atoms with Crippen LogP contribution in [0.3, 0.4) is 0 Å². The number of benzene rings is 3. The second-order valence-electron chi connectivity index (χ2n) is 7.75. The number of amides is 5. The molecule has 4 rings (SSSR count). The number of imide groups is 2. The first-order valence-electron chi connectivity index (χ1n) is 11.3. The lowest BCUT2D eigenvalue weighted by Crippen LogP contribution is -2.54. The highest BCUT2D eigenvalue weighted by molar-refractivity contribution is 6.39. The average Bonchev–Trinajstić information content (AvgIpc) is 2.88. The van der Waals surface area contributed by atoms with Crippen LogP contribution in [0.4, 0.5) is 16.2 Å². The van der Waals surface area contributed by atoms with Crippen molar-refractivity contribution in [3.8, 4) is 11.5 Å². The Hall–Kier alpha value is -4.63. The molecule has 37 heavy (non-hydrogen) atoms. The summed E-state index contributed by atoms with van der Waals surface area (Å²) >= 11 is 6.07. The zero-order valence-electron chi connectivity index (χ0n) is 19.7. The number of halogens is 1. The predicted octanol–water partition coefficient (Wildman–Crippen LogP) is 4.42. The lowest BCUT2D eigenvalue weighted by atomic mass is 10.1. The third-order valence-electron chi connectivity index (χ3n) is 5.20. The van der Waals surface area contributed by atoms with Gasteiger partial charge in [-0.25, -0.2) is 9.69 Å². The lowest BCUT2D eigenvalue weighted by molar-refractivity contribution is -0.122. The minimum Gasteiger partial charge on any atom is -0.490 e. The molecule has 5 amide bonds. The summed E-state index contributed by atoms with van der Waals surface area (Å²) in [5, 5.41) is 5.25. The van der Waals surface area contributed by atoms with E-state index in [0.29, 0.717) is 40.1 Å². The minimum absolute atomic E-state index is 0.223. The second-order valence-corrected chi connectivity index (χ2v) is 8.16. The molecule has 0 atom stereocenters. The summed E-state index contributed by atoms with van der Waals surface area (Å²) in [5.41, 5.74) is 1.02. The van der Waals surface area contributed by atoms with E-state index in [9.17, 15) is 19.2 Å². The van der Waals surface area contributed by atoms with E-state index >= 15 is 0 Å². The van der Waals surface area contributed by atoms with Crippen LogP contribution in [0.15, 0.2) is 78.4 Å². The largest absolute Gasteiger partial charge is 0.490 e. The van der Waals surface area contributed by atoms with Crippen LogP contribution in [0.25, 0.3) is 6.08 Å². The van der Waals surface area contributed by atoms with Gasteiger partial charge in [0.15, 0.2) is 18.1 Å². The van der Waals surface area contributed by atoms with Crippen LogP contribution in [0.1, 0.15) is 12.5 Å². The number of nitrogens with one attached hydrogen (secondary N) is 2. The zero-order chi connectivity index (χ0) is 26.4. The third-order valence-corrected chi connectivity index (χ3v) is 5.53. The summed E-state index contributed by atoms with van der Waals surface area (Å²) in [4.78, 5) is 51.1. The van der Waals surface area contributed by atoms with E-state index < -0.39 is 23.8 Å². The number of urea groups is 1. The maximum Gasteiger partial charge on any atom is 0.335 e. The van der Waals surface area contributed by atoms with Crippen LogP contribution in [-0.4, -0.2) is 37.0 Å². The maximum absolute atomic E-state index is 13.0. The van der Waals surface area contributed by atoms with Crippen LogP contribution in [0, 0.1) is 0 Å². The Balaban J connectivity index is 1.53. The molecule has 3 aromatic carbocycles. The number of hydrogen-bond donors (Lipinski definition) is 2. The summed E-state index contributed by atoms with van der Waals surface area (Å²) in [5.74, 6) is -1.39. The molecule has 10 heteroatoms. The van der Waals surface area contributed by atoms with Gasteiger partial charge in [0, 0.05) is 0 Å². The number of rotatable bonds is 8. The molecule has 0 aromatic heterocycles.